The number of rotatable bonds is 6. The van der Waals surface area contributed by atoms with Gasteiger partial charge in [0.15, 0.2) is 0 Å². The number of nitrogens with two attached hydrogens (primary N) is 1. The van der Waals surface area contributed by atoms with Crippen LogP contribution in [0.1, 0.15) is 6.92 Å². The van der Waals surface area contributed by atoms with Gasteiger partial charge < -0.3 is 15.8 Å². The highest BCUT2D eigenvalue weighted by Gasteiger charge is 2.09. The number of carbonyl (C=O) groups is 1. The van der Waals surface area contributed by atoms with Crippen molar-refractivity contribution in [3.8, 4) is 5.75 Å². The van der Waals surface area contributed by atoms with Gasteiger partial charge >= 0.3 is 0 Å². The van der Waals surface area contributed by atoms with Crippen LogP contribution in [-0.2, 0) is 4.79 Å². The van der Waals surface area contributed by atoms with Crippen LogP contribution in [-0.4, -0.2) is 25.6 Å². The first-order valence-electron chi connectivity index (χ1n) is 5.49. The molecule has 0 bridgehead atoms. The molecule has 5 heteroatoms. The van der Waals surface area contributed by atoms with Crippen LogP contribution in [0, 0.1) is 5.92 Å². The van der Waals surface area contributed by atoms with E-state index in [0.717, 1.165) is 10.2 Å². The third-order valence-electron chi connectivity index (χ3n) is 2.28. The molecule has 0 saturated carbocycles. The van der Waals surface area contributed by atoms with Crippen molar-refractivity contribution in [2.45, 2.75) is 6.92 Å². The second-order valence-electron chi connectivity index (χ2n) is 3.73. The monoisotopic (exact) mass is 300 g/mol. The molecule has 1 aromatic carbocycles. The van der Waals surface area contributed by atoms with Gasteiger partial charge in [0.05, 0.1) is 6.54 Å². The smallest absolute Gasteiger partial charge is 0.224 e. The quantitative estimate of drug-likeness (QED) is 0.783. The van der Waals surface area contributed by atoms with E-state index in [9.17, 15) is 4.79 Å². The minimum absolute atomic E-state index is 0.0353. The number of ether oxygens (including phenoxy) is 1. The van der Waals surface area contributed by atoms with Crippen molar-refractivity contribution in [1.82, 2.24) is 5.32 Å². The van der Waals surface area contributed by atoms with Crippen molar-refractivity contribution < 1.29 is 9.53 Å². The molecule has 0 aliphatic rings. The number of halogens is 1. The largest absolute Gasteiger partial charge is 0.492 e. The predicted octanol–water partition coefficient (Wildman–Crippen LogP) is 1.54. The lowest BCUT2D eigenvalue weighted by atomic mass is 10.2. The summed E-state index contributed by atoms with van der Waals surface area (Å²) in [5.41, 5.74) is 5.39. The first-order chi connectivity index (χ1) is 8.13. The predicted molar refractivity (Wildman–Crippen MR) is 70.9 cm³/mol. The highest BCUT2D eigenvalue weighted by atomic mass is 79.9. The lowest BCUT2D eigenvalue weighted by Crippen LogP contribution is -2.35. The molecular formula is C12H17BrN2O2. The fraction of sp³-hybridized carbons (Fsp3) is 0.417. The Morgan fingerprint density at radius 1 is 1.47 bits per heavy atom. The van der Waals surface area contributed by atoms with Crippen LogP contribution in [0.25, 0.3) is 0 Å². The van der Waals surface area contributed by atoms with Gasteiger partial charge in [-0.15, -0.1) is 0 Å². The van der Waals surface area contributed by atoms with Crippen molar-refractivity contribution in [2.24, 2.45) is 11.7 Å². The molecule has 1 atom stereocenters. The molecule has 1 rings (SSSR count). The summed E-state index contributed by atoms with van der Waals surface area (Å²) in [6.45, 7) is 3.09. The third kappa shape index (κ3) is 5.19. The molecule has 0 aliphatic carbocycles. The lowest BCUT2D eigenvalue weighted by molar-refractivity contribution is -0.124. The third-order valence-corrected chi connectivity index (χ3v) is 2.81. The standard InChI is InChI=1S/C12H17BrN2O2/c1-9(8-14)12(16)15-6-7-17-11-4-2-10(13)3-5-11/h2-5,9H,6-8,14H2,1H3,(H,15,16). The molecule has 0 saturated heterocycles. The summed E-state index contributed by atoms with van der Waals surface area (Å²) >= 11 is 3.35. The summed E-state index contributed by atoms with van der Waals surface area (Å²) in [6, 6.07) is 7.55. The van der Waals surface area contributed by atoms with Crippen LogP contribution >= 0.6 is 15.9 Å². The molecule has 0 radical (unpaired) electrons. The molecule has 0 fully saturated rings. The number of hydrogen-bond donors (Lipinski definition) is 2. The van der Waals surface area contributed by atoms with Gasteiger partial charge in [0.2, 0.25) is 5.91 Å². The van der Waals surface area contributed by atoms with E-state index in [1.807, 2.05) is 24.3 Å². The molecule has 1 amide bonds. The van der Waals surface area contributed by atoms with Crippen LogP contribution in [0.3, 0.4) is 0 Å². The minimum atomic E-state index is -0.150. The number of nitrogens with one attached hydrogen (secondary N) is 1. The van der Waals surface area contributed by atoms with Gasteiger partial charge in [-0.05, 0) is 24.3 Å². The average molecular weight is 301 g/mol. The Morgan fingerprint density at radius 2 is 2.12 bits per heavy atom. The first kappa shape index (κ1) is 14.0. The van der Waals surface area contributed by atoms with E-state index in [1.165, 1.54) is 0 Å². The molecule has 3 N–H and O–H groups in total. The first-order valence-corrected chi connectivity index (χ1v) is 6.29. The summed E-state index contributed by atoms with van der Waals surface area (Å²) in [7, 11) is 0. The Hall–Kier alpha value is -1.07. The second kappa shape index (κ2) is 7.29. The summed E-state index contributed by atoms with van der Waals surface area (Å²) < 4.78 is 6.47. The molecule has 0 heterocycles. The normalized spacial score (nSPS) is 11.9. The van der Waals surface area contributed by atoms with E-state index in [1.54, 1.807) is 6.92 Å². The van der Waals surface area contributed by atoms with Gasteiger partial charge in [-0.2, -0.15) is 0 Å². The Labute approximate surface area is 110 Å². The SMILES string of the molecule is CC(CN)C(=O)NCCOc1ccc(Br)cc1. The van der Waals surface area contributed by atoms with E-state index in [2.05, 4.69) is 21.2 Å². The van der Waals surface area contributed by atoms with Gasteiger partial charge in [0.1, 0.15) is 12.4 Å². The minimum Gasteiger partial charge on any atom is -0.492 e. The summed E-state index contributed by atoms with van der Waals surface area (Å²) in [6.07, 6.45) is 0. The number of hydrogen-bond acceptors (Lipinski definition) is 3. The summed E-state index contributed by atoms with van der Waals surface area (Å²) in [5.74, 6) is 0.601. The van der Waals surface area contributed by atoms with Crippen molar-refractivity contribution in [3.63, 3.8) is 0 Å². The average Bonchev–Trinajstić information content (AvgIpc) is 2.35. The van der Waals surface area contributed by atoms with Crippen LogP contribution < -0.4 is 15.8 Å². The van der Waals surface area contributed by atoms with E-state index in [-0.39, 0.29) is 11.8 Å². The molecule has 0 spiro atoms. The Kier molecular flexibility index (Phi) is 6.00. The van der Waals surface area contributed by atoms with E-state index >= 15 is 0 Å². The maximum atomic E-state index is 11.4. The molecule has 1 aromatic rings. The van der Waals surface area contributed by atoms with Gasteiger partial charge in [-0.25, -0.2) is 0 Å². The van der Waals surface area contributed by atoms with Crippen molar-refractivity contribution in [2.75, 3.05) is 19.7 Å². The highest BCUT2D eigenvalue weighted by Crippen LogP contribution is 2.15. The molecule has 17 heavy (non-hydrogen) atoms. The van der Waals surface area contributed by atoms with Crippen molar-refractivity contribution in [3.05, 3.63) is 28.7 Å². The zero-order chi connectivity index (χ0) is 12.7. The van der Waals surface area contributed by atoms with E-state index in [4.69, 9.17) is 10.5 Å². The molecular weight excluding hydrogens is 284 g/mol. The molecule has 0 aliphatic heterocycles. The fourth-order valence-corrected chi connectivity index (χ4v) is 1.42. The number of amides is 1. The zero-order valence-corrected chi connectivity index (χ0v) is 11.4. The van der Waals surface area contributed by atoms with Crippen LogP contribution in [0.4, 0.5) is 0 Å². The van der Waals surface area contributed by atoms with E-state index < -0.39 is 0 Å². The Balaban J connectivity index is 2.20. The van der Waals surface area contributed by atoms with Gasteiger partial charge in [-0.3, -0.25) is 4.79 Å². The number of benzene rings is 1. The Bertz CT molecular complexity index is 354. The van der Waals surface area contributed by atoms with E-state index in [0.29, 0.717) is 19.7 Å². The maximum absolute atomic E-state index is 11.4. The molecule has 0 aromatic heterocycles. The lowest BCUT2D eigenvalue weighted by Gasteiger charge is -2.10. The maximum Gasteiger partial charge on any atom is 0.224 e. The van der Waals surface area contributed by atoms with Crippen molar-refractivity contribution >= 4 is 21.8 Å². The Morgan fingerprint density at radius 3 is 2.71 bits per heavy atom. The topological polar surface area (TPSA) is 64.4 Å². The summed E-state index contributed by atoms with van der Waals surface area (Å²) in [5, 5.41) is 2.76. The number of carbonyl (C=O) groups excluding carboxylic acids is 1. The van der Waals surface area contributed by atoms with Crippen LogP contribution in [0.5, 0.6) is 5.75 Å². The molecule has 4 nitrogen and oxygen atoms in total. The van der Waals surface area contributed by atoms with Gasteiger partial charge in [0, 0.05) is 16.9 Å². The van der Waals surface area contributed by atoms with Crippen molar-refractivity contribution in [1.29, 1.82) is 0 Å². The zero-order valence-electron chi connectivity index (χ0n) is 9.78. The van der Waals surface area contributed by atoms with Gasteiger partial charge in [0.25, 0.3) is 0 Å². The molecule has 1 unspecified atom stereocenters. The molecule has 94 valence electrons. The second-order valence-corrected chi connectivity index (χ2v) is 4.65. The van der Waals surface area contributed by atoms with Crippen LogP contribution in [0.15, 0.2) is 28.7 Å². The fourth-order valence-electron chi connectivity index (χ4n) is 1.16. The van der Waals surface area contributed by atoms with Gasteiger partial charge in [-0.1, -0.05) is 22.9 Å². The van der Waals surface area contributed by atoms with Crippen LogP contribution in [0.2, 0.25) is 0 Å². The summed E-state index contributed by atoms with van der Waals surface area (Å²) in [4.78, 5) is 11.4. The highest BCUT2D eigenvalue weighted by molar-refractivity contribution is 9.10.